The molecule has 0 aromatic heterocycles. The van der Waals surface area contributed by atoms with Crippen LogP contribution in [0.5, 0.6) is 0 Å². The van der Waals surface area contributed by atoms with Crippen LogP contribution in [0.2, 0.25) is 0 Å². The van der Waals surface area contributed by atoms with Crippen LogP contribution in [0.25, 0.3) is 0 Å². The van der Waals surface area contributed by atoms with Crippen molar-refractivity contribution in [1.29, 1.82) is 0 Å². The van der Waals surface area contributed by atoms with E-state index in [0.717, 1.165) is 0 Å². The topological polar surface area (TPSA) is 57.6 Å². The lowest BCUT2D eigenvalue weighted by molar-refractivity contribution is -0.113. The van der Waals surface area contributed by atoms with Gasteiger partial charge in [0, 0.05) is 5.57 Å². The van der Waals surface area contributed by atoms with Crippen molar-refractivity contribution in [1.82, 2.24) is 4.90 Å². The van der Waals surface area contributed by atoms with Crippen LogP contribution in [0.1, 0.15) is 6.92 Å². The van der Waals surface area contributed by atoms with Gasteiger partial charge in [-0.2, -0.15) is 0 Å². The molecule has 1 atom stereocenters. The summed E-state index contributed by atoms with van der Waals surface area (Å²) < 4.78 is 0. The first-order chi connectivity index (χ1) is 6.06. The second kappa shape index (κ2) is 3.79. The number of alkyl halides is 1. The van der Waals surface area contributed by atoms with Gasteiger partial charge >= 0.3 is 6.09 Å². The van der Waals surface area contributed by atoms with Crippen LogP contribution >= 0.6 is 11.6 Å². The van der Waals surface area contributed by atoms with Crippen molar-refractivity contribution in [2.24, 2.45) is 0 Å². The standard InChI is InChI=1S/C8H10ClNO3/c1-5-2-6(7(11)3-9)4-10(5)8(12)13/h2,5H,3-4H2,1H3,(H,12,13)/t5-/m0/s1. The number of carbonyl (C=O) groups excluding carboxylic acids is 1. The molecule has 0 fully saturated rings. The SMILES string of the molecule is C[C@H]1C=C(C(=O)CCl)CN1C(=O)O. The van der Waals surface area contributed by atoms with E-state index in [4.69, 9.17) is 16.7 Å². The quantitative estimate of drug-likeness (QED) is 0.684. The van der Waals surface area contributed by atoms with Gasteiger partial charge in [0.05, 0.1) is 18.5 Å². The number of carboxylic acid groups (broad SMARTS) is 1. The number of rotatable bonds is 2. The maximum absolute atomic E-state index is 11.1. The molecule has 13 heavy (non-hydrogen) atoms. The summed E-state index contributed by atoms with van der Waals surface area (Å²) in [4.78, 5) is 22.9. The van der Waals surface area contributed by atoms with Crippen molar-refractivity contribution in [3.05, 3.63) is 11.6 Å². The normalized spacial score (nSPS) is 21.5. The lowest BCUT2D eigenvalue weighted by atomic mass is 10.2. The van der Waals surface area contributed by atoms with E-state index in [1.165, 1.54) is 4.90 Å². The molecule has 0 saturated carbocycles. The van der Waals surface area contributed by atoms with Crippen molar-refractivity contribution < 1.29 is 14.7 Å². The van der Waals surface area contributed by atoms with E-state index in [9.17, 15) is 9.59 Å². The average molecular weight is 204 g/mol. The van der Waals surface area contributed by atoms with Gasteiger partial charge in [-0.25, -0.2) is 4.79 Å². The van der Waals surface area contributed by atoms with E-state index in [0.29, 0.717) is 5.57 Å². The summed E-state index contributed by atoms with van der Waals surface area (Å²) in [5.74, 6) is -0.288. The van der Waals surface area contributed by atoms with Crippen LogP contribution < -0.4 is 0 Å². The van der Waals surface area contributed by atoms with Gasteiger partial charge in [-0.05, 0) is 6.92 Å². The average Bonchev–Trinajstić information content (AvgIpc) is 2.46. The second-order valence-corrected chi connectivity index (χ2v) is 3.17. The van der Waals surface area contributed by atoms with Gasteiger partial charge in [-0.1, -0.05) is 6.08 Å². The molecule has 1 heterocycles. The molecule has 72 valence electrons. The fourth-order valence-corrected chi connectivity index (χ4v) is 1.44. The molecule has 5 heteroatoms. The van der Waals surface area contributed by atoms with Crippen LogP contribution in [-0.2, 0) is 4.79 Å². The number of hydrogen-bond acceptors (Lipinski definition) is 2. The Kier molecular flexibility index (Phi) is 2.93. The highest BCUT2D eigenvalue weighted by Crippen LogP contribution is 2.17. The van der Waals surface area contributed by atoms with Crippen molar-refractivity contribution in [2.75, 3.05) is 12.4 Å². The maximum atomic E-state index is 11.1. The van der Waals surface area contributed by atoms with Gasteiger partial charge < -0.3 is 5.11 Å². The third-order valence-electron chi connectivity index (χ3n) is 2.00. The minimum Gasteiger partial charge on any atom is -0.465 e. The van der Waals surface area contributed by atoms with E-state index in [1.54, 1.807) is 13.0 Å². The molecular weight excluding hydrogens is 194 g/mol. The third-order valence-corrected chi connectivity index (χ3v) is 2.24. The molecule has 0 aromatic carbocycles. The monoisotopic (exact) mass is 203 g/mol. The highest BCUT2D eigenvalue weighted by Gasteiger charge is 2.27. The molecular formula is C8H10ClNO3. The summed E-state index contributed by atoms with van der Waals surface area (Å²) in [6, 6.07) is -0.236. The molecule has 0 bridgehead atoms. The van der Waals surface area contributed by atoms with Gasteiger partial charge in [-0.15, -0.1) is 11.6 Å². The zero-order valence-corrected chi connectivity index (χ0v) is 7.91. The van der Waals surface area contributed by atoms with Crippen LogP contribution in [0.4, 0.5) is 4.79 Å². The zero-order valence-electron chi connectivity index (χ0n) is 7.16. The predicted octanol–water partition coefficient (Wildman–Crippen LogP) is 1.10. The number of Topliss-reactive ketones (excluding diaryl/α,β-unsaturated/α-hetero) is 1. The van der Waals surface area contributed by atoms with Crippen LogP contribution in [0.3, 0.4) is 0 Å². The fourth-order valence-electron chi connectivity index (χ4n) is 1.27. The minimum atomic E-state index is -1.01. The molecule has 0 radical (unpaired) electrons. The van der Waals surface area contributed by atoms with Gasteiger partial charge in [0.1, 0.15) is 0 Å². The van der Waals surface area contributed by atoms with Gasteiger partial charge in [0.25, 0.3) is 0 Å². The second-order valence-electron chi connectivity index (χ2n) is 2.90. The Bertz CT molecular complexity index is 275. The molecule has 1 amide bonds. The molecule has 1 aliphatic rings. The molecule has 4 nitrogen and oxygen atoms in total. The Morgan fingerprint density at radius 2 is 2.38 bits per heavy atom. The number of carbonyl (C=O) groups is 2. The van der Waals surface area contributed by atoms with Crippen LogP contribution in [0.15, 0.2) is 11.6 Å². The number of halogens is 1. The first-order valence-electron chi connectivity index (χ1n) is 3.85. The molecule has 1 rings (SSSR count). The Balaban J connectivity index is 2.70. The van der Waals surface area contributed by atoms with E-state index in [-0.39, 0.29) is 24.2 Å². The molecule has 0 aliphatic carbocycles. The first kappa shape index (κ1) is 10.1. The van der Waals surface area contributed by atoms with Crippen LogP contribution in [-0.4, -0.2) is 40.3 Å². The fraction of sp³-hybridized carbons (Fsp3) is 0.500. The summed E-state index contributed by atoms with van der Waals surface area (Å²) in [6.45, 7) is 1.88. The summed E-state index contributed by atoms with van der Waals surface area (Å²) >= 11 is 5.35. The number of ketones is 1. The van der Waals surface area contributed by atoms with Gasteiger partial charge in [-0.3, -0.25) is 9.69 Å². The number of nitrogens with zero attached hydrogens (tertiary/aromatic N) is 1. The van der Waals surface area contributed by atoms with Crippen molar-refractivity contribution in [2.45, 2.75) is 13.0 Å². The van der Waals surface area contributed by atoms with E-state index < -0.39 is 6.09 Å². The molecule has 1 N–H and O–H groups in total. The first-order valence-corrected chi connectivity index (χ1v) is 4.39. The minimum absolute atomic E-state index is 0.0913. The van der Waals surface area contributed by atoms with Crippen molar-refractivity contribution in [3.8, 4) is 0 Å². The highest BCUT2D eigenvalue weighted by molar-refractivity contribution is 6.30. The highest BCUT2D eigenvalue weighted by atomic mass is 35.5. The predicted molar refractivity (Wildman–Crippen MR) is 48.0 cm³/mol. The van der Waals surface area contributed by atoms with Crippen molar-refractivity contribution in [3.63, 3.8) is 0 Å². The smallest absolute Gasteiger partial charge is 0.408 e. The van der Waals surface area contributed by atoms with Crippen LogP contribution in [0, 0.1) is 0 Å². The Morgan fingerprint density at radius 1 is 1.77 bits per heavy atom. The molecule has 0 unspecified atom stereocenters. The third kappa shape index (κ3) is 2.01. The summed E-state index contributed by atoms with van der Waals surface area (Å²) in [5, 5.41) is 8.70. The number of amides is 1. The number of hydrogen-bond donors (Lipinski definition) is 1. The molecule has 0 spiro atoms. The van der Waals surface area contributed by atoms with Gasteiger partial charge in [0.2, 0.25) is 0 Å². The molecule has 1 aliphatic heterocycles. The summed E-state index contributed by atoms with van der Waals surface area (Å²) in [7, 11) is 0. The van der Waals surface area contributed by atoms with E-state index in [1.807, 2.05) is 0 Å². The lowest BCUT2D eigenvalue weighted by Gasteiger charge is -2.16. The van der Waals surface area contributed by atoms with Gasteiger partial charge in [0.15, 0.2) is 5.78 Å². The molecule has 0 aromatic rings. The van der Waals surface area contributed by atoms with E-state index >= 15 is 0 Å². The summed E-state index contributed by atoms with van der Waals surface area (Å²) in [6.07, 6.45) is 0.625. The van der Waals surface area contributed by atoms with E-state index in [2.05, 4.69) is 0 Å². The van der Waals surface area contributed by atoms with Crippen molar-refractivity contribution >= 4 is 23.5 Å². The Morgan fingerprint density at radius 3 is 2.77 bits per heavy atom. The lowest BCUT2D eigenvalue weighted by Crippen LogP contribution is -2.33. The Labute approximate surface area is 80.8 Å². The Hall–Kier alpha value is -1.03. The largest absolute Gasteiger partial charge is 0.465 e. The maximum Gasteiger partial charge on any atom is 0.408 e. The molecule has 0 saturated heterocycles. The summed E-state index contributed by atoms with van der Waals surface area (Å²) in [5.41, 5.74) is 0.491. The zero-order chi connectivity index (χ0) is 10.0.